The highest BCUT2D eigenvalue weighted by molar-refractivity contribution is 6.04. The number of amides is 1. The molecule has 5 heteroatoms. The van der Waals surface area contributed by atoms with Gasteiger partial charge in [0.25, 0.3) is 5.91 Å². The summed E-state index contributed by atoms with van der Waals surface area (Å²) in [6.45, 7) is 2.99. The fourth-order valence-electron chi connectivity index (χ4n) is 1.96. The lowest BCUT2D eigenvalue weighted by Crippen LogP contribution is -2.36. The standard InChI is InChI=1S/C14H18N2O3/c1-10-5-3-4-6-11(10)12-9-13(19-16-12)14(17)15-7-8-18-2/h3-6,13H,7-9H2,1-2H3,(H,15,17)/t13-/m1/s1. The zero-order valence-corrected chi connectivity index (χ0v) is 11.2. The molecule has 1 amide bonds. The quantitative estimate of drug-likeness (QED) is 0.812. The predicted molar refractivity (Wildman–Crippen MR) is 72.1 cm³/mol. The fraction of sp³-hybridized carbons (Fsp3) is 0.429. The highest BCUT2D eigenvalue weighted by Gasteiger charge is 2.28. The lowest BCUT2D eigenvalue weighted by Gasteiger charge is -2.09. The van der Waals surface area contributed by atoms with Crippen LogP contribution in [0.25, 0.3) is 0 Å². The molecule has 19 heavy (non-hydrogen) atoms. The highest BCUT2D eigenvalue weighted by Crippen LogP contribution is 2.19. The monoisotopic (exact) mass is 262 g/mol. The van der Waals surface area contributed by atoms with Crippen molar-refractivity contribution in [3.8, 4) is 0 Å². The Labute approximate surface area is 112 Å². The average molecular weight is 262 g/mol. The van der Waals surface area contributed by atoms with Gasteiger partial charge in [-0.3, -0.25) is 4.79 Å². The summed E-state index contributed by atoms with van der Waals surface area (Å²) in [5, 5.41) is 6.77. The summed E-state index contributed by atoms with van der Waals surface area (Å²) in [5.41, 5.74) is 2.99. The first kappa shape index (κ1) is 13.5. The first-order valence-corrected chi connectivity index (χ1v) is 6.27. The van der Waals surface area contributed by atoms with E-state index >= 15 is 0 Å². The molecule has 0 radical (unpaired) electrons. The van der Waals surface area contributed by atoms with Gasteiger partial charge in [0.15, 0.2) is 0 Å². The molecule has 0 saturated carbocycles. The van der Waals surface area contributed by atoms with Crippen molar-refractivity contribution in [2.45, 2.75) is 19.4 Å². The minimum atomic E-state index is -0.536. The molecule has 5 nitrogen and oxygen atoms in total. The van der Waals surface area contributed by atoms with E-state index in [9.17, 15) is 4.79 Å². The largest absolute Gasteiger partial charge is 0.383 e. The Morgan fingerprint density at radius 3 is 3.05 bits per heavy atom. The second-order valence-electron chi connectivity index (χ2n) is 4.43. The van der Waals surface area contributed by atoms with Crippen molar-refractivity contribution in [1.82, 2.24) is 5.32 Å². The number of oxime groups is 1. The van der Waals surface area contributed by atoms with Crippen LogP contribution < -0.4 is 5.32 Å². The maximum absolute atomic E-state index is 11.8. The number of nitrogens with one attached hydrogen (secondary N) is 1. The Morgan fingerprint density at radius 2 is 2.32 bits per heavy atom. The van der Waals surface area contributed by atoms with E-state index in [4.69, 9.17) is 9.57 Å². The van der Waals surface area contributed by atoms with Crippen LogP contribution in [0.1, 0.15) is 17.5 Å². The van der Waals surface area contributed by atoms with Crippen molar-refractivity contribution in [1.29, 1.82) is 0 Å². The van der Waals surface area contributed by atoms with Gasteiger partial charge in [-0.2, -0.15) is 0 Å². The van der Waals surface area contributed by atoms with Gasteiger partial charge in [-0.1, -0.05) is 29.4 Å². The van der Waals surface area contributed by atoms with Crippen molar-refractivity contribution >= 4 is 11.6 Å². The van der Waals surface area contributed by atoms with Gasteiger partial charge in [-0.15, -0.1) is 0 Å². The minimum absolute atomic E-state index is 0.149. The number of methoxy groups -OCH3 is 1. The summed E-state index contributed by atoms with van der Waals surface area (Å²) in [4.78, 5) is 17.0. The van der Waals surface area contributed by atoms with E-state index in [2.05, 4.69) is 10.5 Å². The summed E-state index contributed by atoms with van der Waals surface area (Å²) in [6, 6.07) is 7.94. The zero-order valence-electron chi connectivity index (χ0n) is 11.2. The van der Waals surface area contributed by atoms with Crippen LogP contribution in [0.3, 0.4) is 0 Å². The van der Waals surface area contributed by atoms with Gasteiger partial charge >= 0.3 is 0 Å². The number of rotatable bonds is 5. The molecular formula is C14H18N2O3. The first-order valence-electron chi connectivity index (χ1n) is 6.27. The second kappa shape index (κ2) is 6.33. The Bertz CT molecular complexity index is 485. The normalized spacial score (nSPS) is 17.8. The third-order valence-corrected chi connectivity index (χ3v) is 3.02. The lowest BCUT2D eigenvalue weighted by molar-refractivity contribution is -0.131. The molecule has 102 valence electrons. The van der Waals surface area contributed by atoms with Crippen molar-refractivity contribution in [3.05, 3.63) is 35.4 Å². The summed E-state index contributed by atoms with van der Waals surface area (Å²) >= 11 is 0. The molecule has 1 heterocycles. The van der Waals surface area contributed by atoms with Crippen LogP contribution in [0, 0.1) is 6.92 Å². The molecule has 0 aromatic heterocycles. The van der Waals surface area contributed by atoms with Crippen molar-refractivity contribution in [2.75, 3.05) is 20.3 Å². The van der Waals surface area contributed by atoms with Gasteiger partial charge < -0.3 is 14.9 Å². The van der Waals surface area contributed by atoms with E-state index in [1.807, 2.05) is 31.2 Å². The minimum Gasteiger partial charge on any atom is -0.383 e. The number of benzene rings is 1. The number of ether oxygens (including phenoxy) is 1. The molecule has 1 aliphatic rings. The topological polar surface area (TPSA) is 59.9 Å². The molecule has 0 saturated heterocycles. The summed E-state index contributed by atoms with van der Waals surface area (Å²) < 4.78 is 4.88. The summed E-state index contributed by atoms with van der Waals surface area (Å²) in [5.74, 6) is -0.149. The van der Waals surface area contributed by atoms with Gasteiger partial charge in [0.2, 0.25) is 6.10 Å². The SMILES string of the molecule is COCCNC(=O)[C@H]1CC(c2ccccc2C)=NO1. The third kappa shape index (κ3) is 3.32. The molecule has 1 atom stereocenters. The number of hydrogen-bond acceptors (Lipinski definition) is 4. The lowest BCUT2D eigenvalue weighted by atomic mass is 10.0. The molecule has 1 aromatic carbocycles. The first-order chi connectivity index (χ1) is 9.22. The van der Waals surface area contributed by atoms with Crippen LogP contribution in [0.4, 0.5) is 0 Å². The van der Waals surface area contributed by atoms with Gasteiger partial charge in [0, 0.05) is 25.6 Å². The maximum Gasteiger partial charge on any atom is 0.264 e. The van der Waals surface area contributed by atoms with Gasteiger partial charge in [0.05, 0.1) is 12.3 Å². The molecule has 1 N–H and O–H groups in total. The van der Waals surface area contributed by atoms with Crippen LogP contribution in [0.5, 0.6) is 0 Å². The van der Waals surface area contributed by atoms with Crippen LogP contribution in [-0.2, 0) is 14.4 Å². The Kier molecular flexibility index (Phi) is 4.52. The third-order valence-electron chi connectivity index (χ3n) is 3.02. The van der Waals surface area contributed by atoms with Crippen molar-refractivity contribution in [3.63, 3.8) is 0 Å². The molecule has 1 aromatic rings. The van der Waals surface area contributed by atoms with E-state index in [0.29, 0.717) is 19.6 Å². The summed E-state index contributed by atoms with van der Waals surface area (Å²) in [6.07, 6.45) is -0.0320. The summed E-state index contributed by atoms with van der Waals surface area (Å²) in [7, 11) is 1.59. The molecule has 0 aliphatic carbocycles. The number of aryl methyl sites for hydroxylation is 1. The van der Waals surface area contributed by atoms with Gasteiger partial charge in [0.1, 0.15) is 0 Å². The molecule has 0 fully saturated rings. The number of nitrogens with zero attached hydrogens (tertiary/aromatic N) is 1. The molecule has 1 aliphatic heterocycles. The number of carbonyl (C=O) groups is 1. The number of hydrogen-bond donors (Lipinski definition) is 1. The van der Waals surface area contributed by atoms with Gasteiger partial charge in [-0.25, -0.2) is 0 Å². The van der Waals surface area contributed by atoms with E-state index in [1.165, 1.54) is 0 Å². The second-order valence-corrected chi connectivity index (χ2v) is 4.43. The highest BCUT2D eigenvalue weighted by atomic mass is 16.6. The van der Waals surface area contributed by atoms with Crippen molar-refractivity contribution in [2.24, 2.45) is 5.16 Å². The van der Waals surface area contributed by atoms with E-state index < -0.39 is 6.10 Å². The van der Waals surface area contributed by atoms with E-state index in [0.717, 1.165) is 16.8 Å². The van der Waals surface area contributed by atoms with Crippen LogP contribution in [-0.4, -0.2) is 38.0 Å². The van der Waals surface area contributed by atoms with Crippen LogP contribution in [0.2, 0.25) is 0 Å². The Morgan fingerprint density at radius 1 is 1.53 bits per heavy atom. The molecular weight excluding hydrogens is 244 g/mol. The predicted octanol–water partition coefficient (Wildman–Crippen LogP) is 1.25. The molecule has 0 unspecified atom stereocenters. The Balaban J connectivity index is 1.92. The molecule has 0 spiro atoms. The fourth-order valence-corrected chi connectivity index (χ4v) is 1.96. The van der Waals surface area contributed by atoms with Gasteiger partial charge in [-0.05, 0) is 12.5 Å². The van der Waals surface area contributed by atoms with E-state index in [-0.39, 0.29) is 5.91 Å². The molecule has 0 bridgehead atoms. The zero-order chi connectivity index (χ0) is 13.7. The number of carbonyl (C=O) groups excluding carboxylic acids is 1. The van der Waals surface area contributed by atoms with Crippen LogP contribution in [0.15, 0.2) is 29.4 Å². The smallest absolute Gasteiger partial charge is 0.264 e. The average Bonchev–Trinajstić information content (AvgIpc) is 2.89. The Hall–Kier alpha value is -1.88. The molecule has 2 rings (SSSR count). The van der Waals surface area contributed by atoms with Crippen LogP contribution >= 0.6 is 0 Å². The van der Waals surface area contributed by atoms with Crippen molar-refractivity contribution < 1.29 is 14.4 Å². The maximum atomic E-state index is 11.8. The van der Waals surface area contributed by atoms with E-state index in [1.54, 1.807) is 7.11 Å².